The zero-order chi connectivity index (χ0) is 41.5. The summed E-state index contributed by atoms with van der Waals surface area (Å²) < 4.78 is 21.2. The average molecular weight is 793 g/mol. The van der Waals surface area contributed by atoms with Gasteiger partial charge in [-0.1, -0.05) is 93.1 Å². The number of nitrogens with zero attached hydrogens (tertiary/aromatic N) is 4. The Morgan fingerprint density at radius 3 is 2.20 bits per heavy atom. The average Bonchev–Trinajstić information content (AvgIpc) is 3.77. The molecule has 1 unspecified atom stereocenters. The summed E-state index contributed by atoms with van der Waals surface area (Å²) in [5, 5.41) is 2.23. The molecule has 304 valence electrons. The fraction of sp³-hybridized carbons (Fsp3) is 0.327. The summed E-state index contributed by atoms with van der Waals surface area (Å²) in [6.07, 6.45) is 10.2. The van der Waals surface area contributed by atoms with Gasteiger partial charge in [-0.2, -0.15) is 0 Å². The van der Waals surface area contributed by atoms with Crippen LogP contribution in [0.25, 0.3) is 45.7 Å². The number of aryl methyl sites for hydroxylation is 2. The lowest BCUT2D eigenvalue weighted by molar-refractivity contribution is -0.147. The van der Waals surface area contributed by atoms with Crippen LogP contribution in [0.3, 0.4) is 0 Å². The summed E-state index contributed by atoms with van der Waals surface area (Å²) in [6, 6.07) is 27.0. The molecule has 2 heterocycles. The highest BCUT2D eigenvalue weighted by Gasteiger charge is 2.23. The molecule has 10 heteroatoms. The van der Waals surface area contributed by atoms with Gasteiger partial charge in [0.1, 0.15) is 31.0 Å². The third kappa shape index (κ3) is 9.07. The molecule has 0 aliphatic heterocycles. The smallest absolute Gasteiger partial charge is 0.338 e. The van der Waals surface area contributed by atoms with Gasteiger partial charge in [0, 0.05) is 38.1 Å². The monoisotopic (exact) mass is 792 g/mol. The number of benzene rings is 4. The van der Waals surface area contributed by atoms with Gasteiger partial charge in [-0.05, 0) is 85.5 Å². The van der Waals surface area contributed by atoms with Gasteiger partial charge in [-0.25, -0.2) is 19.6 Å². The largest absolute Gasteiger partial charge is 0.458 e. The van der Waals surface area contributed by atoms with E-state index in [0.717, 1.165) is 94.4 Å². The van der Waals surface area contributed by atoms with Crippen LogP contribution in [0, 0.1) is 6.92 Å². The zero-order valence-corrected chi connectivity index (χ0v) is 34.6. The fourth-order valence-electron chi connectivity index (χ4n) is 7.92. The van der Waals surface area contributed by atoms with Gasteiger partial charge in [-0.3, -0.25) is 4.79 Å². The van der Waals surface area contributed by atoms with E-state index < -0.39 is 24.0 Å². The number of carbonyl (C=O) groups excluding carboxylic acids is 3. The number of esters is 3. The Kier molecular flexibility index (Phi) is 12.8. The molecule has 2 aromatic heterocycles. The Morgan fingerprint density at radius 2 is 1.49 bits per heavy atom. The first kappa shape index (κ1) is 40.9. The maximum atomic E-state index is 13.4. The summed E-state index contributed by atoms with van der Waals surface area (Å²) in [4.78, 5) is 48.5. The lowest BCUT2D eigenvalue weighted by Crippen LogP contribution is -2.30. The van der Waals surface area contributed by atoms with Gasteiger partial charge in [0.05, 0.1) is 32.9 Å². The molecule has 0 spiro atoms. The quantitative estimate of drug-likeness (QED) is 0.0544. The Balaban J connectivity index is 1.04. The molecular formula is C49H52N4O6. The van der Waals surface area contributed by atoms with Crippen LogP contribution in [0.15, 0.2) is 84.9 Å². The van der Waals surface area contributed by atoms with Gasteiger partial charge in [-0.15, -0.1) is 0 Å². The number of aromatic nitrogens is 4. The maximum Gasteiger partial charge on any atom is 0.338 e. The van der Waals surface area contributed by atoms with Crippen molar-refractivity contribution >= 4 is 41.1 Å². The summed E-state index contributed by atoms with van der Waals surface area (Å²) >= 11 is 0. The minimum absolute atomic E-state index is 0.122. The Morgan fingerprint density at radius 1 is 0.797 bits per heavy atom. The second kappa shape index (κ2) is 18.5. The van der Waals surface area contributed by atoms with Gasteiger partial charge in [0.15, 0.2) is 0 Å². The molecule has 0 fully saturated rings. The van der Waals surface area contributed by atoms with E-state index in [4.69, 9.17) is 24.2 Å². The van der Waals surface area contributed by atoms with Crippen LogP contribution >= 0.6 is 0 Å². The SMILES string of the molecule is CCCCC(OC(C)=O)c1ccccc1C(=O)OCCOC(=O)c1ccccc1-c1ccc(Cn2c(CCC)nc3c(C)cc(-c4nc5c(n4C)=CCCC=5)cc32)cc1. The van der Waals surface area contributed by atoms with Crippen LogP contribution in [0.2, 0.25) is 0 Å². The summed E-state index contributed by atoms with van der Waals surface area (Å²) in [7, 11) is 2.09. The standard InChI is InChI=1S/C49H52N4O6/c1-6-8-22-44(59-33(4)54)38-17-10-12-19-40(38)49(56)58-28-27-57-48(55)39-18-11-9-16-37(39)35-25-23-34(24-26-35)31-53-43-30-36(29-32(3)46(43)51-45(53)15-7-2)47-50-41-20-13-14-21-42(41)52(47)5/h9-12,16-21,23-26,29-30,44H,6-8,13-15,22,27-28,31H2,1-5H3. The summed E-state index contributed by atoms with van der Waals surface area (Å²) in [5.74, 6) is 0.504. The van der Waals surface area contributed by atoms with E-state index in [1.165, 1.54) is 12.3 Å². The zero-order valence-electron chi connectivity index (χ0n) is 34.6. The van der Waals surface area contributed by atoms with Crippen molar-refractivity contribution in [1.82, 2.24) is 19.1 Å². The van der Waals surface area contributed by atoms with Crippen LogP contribution in [0.1, 0.15) is 109 Å². The van der Waals surface area contributed by atoms with Crippen molar-refractivity contribution in [3.05, 3.63) is 129 Å². The Bertz CT molecular complexity index is 2620. The van der Waals surface area contributed by atoms with Crippen molar-refractivity contribution in [3.63, 3.8) is 0 Å². The summed E-state index contributed by atoms with van der Waals surface area (Å²) in [5.41, 5.74) is 8.35. The topological polar surface area (TPSA) is 115 Å². The summed E-state index contributed by atoms with van der Waals surface area (Å²) in [6.45, 7) is 8.10. The minimum Gasteiger partial charge on any atom is -0.458 e. The van der Waals surface area contributed by atoms with Crippen LogP contribution in [0.5, 0.6) is 0 Å². The molecule has 59 heavy (non-hydrogen) atoms. The van der Waals surface area contributed by atoms with Crippen molar-refractivity contribution in [2.75, 3.05) is 13.2 Å². The Hall–Kier alpha value is -6.29. The molecule has 0 radical (unpaired) electrons. The highest BCUT2D eigenvalue weighted by molar-refractivity contribution is 5.97. The number of unbranched alkanes of at least 4 members (excludes halogenated alkanes) is 1. The van der Waals surface area contributed by atoms with Crippen LogP contribution < -0.4 is 10.7 Å². The second-order valence-electron chi connectivity index (χ2n) is 15.1. The highest BCUT2D eigenvalue weighted by Crippen LogP contribution is 2.30. The predicted molar refractivity (Wildman–Crippen MR) is 230 cm³/mol. The molecule has 1 atom stereocenters. The molecular weight excluding hydrogens is 741 g/mol. The molecule has 6 aromatic rings. The van der Waals surface area contributed by atoms with Crippen molar-refractivity contribution < 1.29 is 28.6 Å². The van der Waals surface area contributed by atoms with Crippen molar-refractivity contribution in [2.24, 2.45) is 7.05 Å². The number of imidazole rings is 2. The number of ether oxygens (including phenoxy) is 3. The number of hydrogen-bond acceptors (Lipinski definition) is 8. The number of carbonyl (C=O) groups is 3. The Labute approximate surface area is 345 Å². The van der Waals surface area contributed by atoms with E-state index >= 15 is 0 Å². The third-order valence-electron chi connectivity index (χ3n) is 10.8. The van der Waals surface area contributed by atoms with Crippen molar-refractivity contribution in [3.8, 4) is 22.5 Å². The van der Waals surface area contributed by atoms with E-state index in [1.807, 2.05) is 24.3 Å². The molecule has 0 saturated carbocycles. The van der Waals surface area contributed by atoms with Crippen LogP contribution in [0.4, 0.5) is 0 Å². The minimum atomic E-state index is -0.573. The first-order valence-corrected chi connectivity index (χ1v) is 20.7. The number of rotatable bonds is 16. The van der Waals surface area contributed by atoms with Gasteiger partial charge >= 0.3 is 17.9 Å². The first-order valence-electron chi connectivity index (χ1n) is 20.7. The number of fused-ring (bicyclic) bond motifs is 2. The van der Waals surface area contributed by atoms with E-state index in [1.54, 1.807) is 36.4 Å². The maximum absolute atomic E-state index is 13.4. The lowest BCUT2D eigenvalue weighted by Gasteiger charge is -2.19. The molecule has 10 nitrogen and oxygen atoms in total. The van der Waals surface area contributed by atoms with E-state index in [0.29, 0.717) is 29.7 Å². The van der Waals surface area contributed by atoms with Crippen molar-refractivity contribution in [1.29, 1.82) is 0 Å². The molecule has 0 N–H and O–H groups in total. The molecule has 1 aliphatic carbocycles. The molecule has 7 rings (SSSR count). The van der Waals surface area contributed by atoms with E-state index in [-0.39, 0.29) is 13.2 Å². The number of hydrogen-bond donors (Lipinski definition) is 0. The van der Waals surface area contributed by atoms with E-state index in [9.17, 15) is 14.4 Å². The lowest BCUT2D eigenvalue weighted by atomic mass is 9.98. The van der Waals surface area contributed by atoms with Crippen LogP contribution in [-0.4, -0.2) is 50.2 Å². The van der Waals surface area contributed by atoms with Gasteiger partial charge in [0.25, 0.3) is 0 Å². The fourth-order valence-corrected chi connectivity index (χ4v) is 7.92. The third-order valence-corrected chi connectivity index (χ3v) is 10.8. The first-order chi connectivity index (χ1) is 28.7. The van der Waals surface area contributed by atoms with Gasteiger partial charge < -0.3 is 23.3 Å². The normalized spacial score (nSPS) is 12.6. The molecule has 0 amide bonds. The van der Waals surface area contributed by atoms with Crippen molar-refractivity contribution in [2.45, 2.75) is 85.3 Å². The highest BCUT2D eigenvalue weighted by atomic mass is 16.6. The second-order valence-corrected chi connectivity index (χ2v) is 15.1. The van der Waals surface area contributed by atoms with E-state index in [2.05, 4.69) is 73.4 Å². The van der Waals surface area contributed by atoms with Crippen LogP contribution in [-0.2, 0) is 39.0 Å². The molecule has 0 saturated heterocycles. The molecule has 1 aliphatic rings. The molecule has 0 bridgehead atoms. The predicted octanol–water partition coefficient (Wildman–Crippen LogP) is 8.58. The van der Waals surface area contributed by atoms with Gasteiger partial charge in [0.2, 0.25) is 0 Å². The molecule has 4 aromatic carbocycles.